The van der Waals surface area contributed by atoms with Crippen molar-refractivity contribution >= 4 is 7.75 Å². The van der Waals surface area contributed by atoms with E-state index < -0.39 is 7.75 Å². The molecular formula is C15H34NO6P. The number of rotatable bonds is 17. The van der Waals surface area contributed by atoms with E-state index in [1.54, 1.807) is 0 Å². The van der Waals surface area contributed by atoms with Crippen LogP contribution in [-0.2, 0) is 18.6 Å². The highest BCUT2D eigenvalue weighted by Crippen LogP contribution is 2.36. The van der Waals surface area contributed by atoms with Crippen LogP contribution in [0.2, 0.25) is 0 Å². The molecule has 7 nitrogen and oxygen atoms in total. The Bertz CT molecular complexity index is 306. The maximum atomic E-state index is 11.7. The Morgan fingerprint density at radius 2 is 1.70 bits per heavy atom. The Hall–Kier alpha value is -0.0100. The van der Waals surface area contributed by atoms with Crippen molar-refractivity contribution in [3.05, 3.63) is 0 Å². The number of aliphatic hydroxyl groups excluding tert-OH is 1. The zero-order chi connectivity index (χ0) is 17.4. The van der Waals surface area contributed by atoms with E-state index in [-0.39, 0.29) is 25.9 Å². The zero-order valence-electron chi connectivity index (χ0n) is 14.5. The minimum absolute atomic E-state index is 0.00329. The molecule has 0 bridgehead atoms. The highest BCUT2D eigenvalue weighted by Gasteiger charge is 2.21. The van der Waals surface area contributed by atoms with Crippen LogP contribution in [0.3, 0.4) is 0 Å². The Kier molecular flexibility index (Phi) is 15.5. The average molecular weight is 355 g/mol. The first-order chi connectivity index (χ1) is 11.1. The Morgan fingerprint density at radius 1 is 1.04 bits per heavy atom. The maximum Gasteiger partial charge on any atom is 0.403 e. The number of hydrogen-bond acceptors (Lipinski definition) is 5. The fourth-order valence-electron chi connectivity index (χ4n) is 1.84. The van der Waals surface area contributed by atoms with Gasteiger partial charge in [-0.3, -0.25) is 4.52 Å². The molecule has 0 aliphatic carbocycles. The summed E-state index contributed by atoms with van der Waals surface area (Å²) < 4.78 is 28.0. The predicted molar refractivity (Wildman–Crippen MR) is 90.5 cm³/mol. The molecule has 8 heteroatoms. The summed E-state index contributed by atoms with van der Waals surface area (Å²) in [7, 11) is -3.90. The van der Waals surface area contributed by atoms with Crippen LogP contribution in [-0.4, -0.2) is 55.7 Å². The highest BCUT2D eigenvalue weighted by molar-refractivity contribution is 7.50. The third kappa shape index (κ3) is 15.3. The first-order valence-corrected chi connectivity index (χ1v) is 10.2. The molecule has 0 saturated carbocycles. The first-order valence-electron chi connectivity index (χ1n) is 8.58. The van der Waals surface area contributed by atoms with E-state index in [0.29, 0.717) is 19.8 Å². The third-order valence-corrected chi connectivity index (χ3v) is 4.28. The summed E-state index contributed by atoms with van der Waals surface area (Å²) in [6.07, 6.45) is 6.02. The van der Waals surface area contributed by atoms with Gasteiger partial charge in [0.2, 0.25) is 0 Å². The van der Waals surface area contributed by atoms with Crippen molar-refractivity contribution in [2.45, 2.75) is 58.5 Å². The van der Waals surface area contributed by atoms with E-state index in [0.717, 1.165) is 38.5 Å². The second-order valence-corrected chi connectivity index (χ2v) is 7.05. The van der Waals surface area contributed by atoms with Crippen LogP contribution in [0, 0.1) is 0 Å². The van der Waals surface area contributed by atoms with Crippen LogP contribution in [0.4, 0.5) is 0 Å². The van der Waals surface area contributed by atoms with Gasteiger partial charge in [-0.2, -0.15) is 0 Å². The van der Waals surface area contributed by atoms with Crippen molar-refractivity contribution in [3.63, 3.8) is 0 Å². The van der Waals surface area contributed by atoms with Gasteiger partial charge in [0.1, 0.15) is 6.10 Å². The molecule has 1 unspecified atom stereocenters. The molecule has 0 radical (unpaired) electrons. The molecule has 0 saturated heterocycles. The van der Waals surface area contributed by atoms with Crippen LogP contribution in [0.25, 0.3) is 0 Å². The number of nitrogens with one attached hydrogen (secondary N) is 1. The van der Waals surface area contributed by atoms with Gasteiger partial charge < -0.3 is 19.5 Å². The van der Waals surface area contributed by atoms with Crippen molar-refractivity contribution in [3.8, 4) is 0 Å². The normalized spacial score (nSPS) is 15.5. The lowest BCUT2D eigenvalue weighted by Gasteiger charge is -2.20. The minimum Gasteiger partial charge on any atom is -0.395 e. The smallest absolute Gasteiger partial charge is 0.395 e. The second kappa shape index (κ2) is 15.5. The molecule has 2 atom stereocenters. The molecule has 0 rings (SSSR count). The van der Waals surface area contributed by atoms with Gasteiger partial charge in [0.25, 0.3) is 0 Å². The fraction of sp³-hybridized carbons (Fsp3) is 1.00. The SMILES string of the molecule is CCCCCOC[C@H](COP(=O)(O)NCCO)OCCCCC. The number of ether oxygens (including phenoxy) is 2. The molecule has 0 aromatic rings. The summed E-state index contributed by atoms with van der Waals surface area (Å²) in [6, 6.07) is 0. The standard InChI is InChI=1S/C15H34NO6P/c1-3-5-7-11-20-13-15(21-12-8-6-4-2)14-22-23(18,19)16-9-10-17/h15,17H,3-14H2,1-2H3,(H2,16,18,19)/t15-/m1/s1. The summed E-state index contributed by atoms with van der Waals surface area (Å²) in [6.45, 7) is 5.58. The van der Waals surface area contributed by atoms with Crippen LogP contribution in [0.5, 0.6) is 0 Å². The van der Waals surface area contributed by atoms with Gasteiger partial charge in [0.15, 0.2) is 0 Å². The van der Waals surface area contributed by atoms with Crippen molar-refractivity contribution < 1.29 is 28.6 Å². The van der Waals surface area contributed by atoms with Gasteiger partial charge in [-0.1, -0.05) is 39.5 Å². The van der Waals surface area contributed by atoms with Crippen LogP contribution in [0.1, 0.15) is 52.4 Å². The van der Waals surface area contributed by atoms with E-state index in [4.69, 9.17) is 19.1 Å². The van der Waals surface area contributed by atoms with Gasteiger partial charge in [0.05, 0.1) is 19.8 Å². The fourth-order valence-corrected chi connectivity index (χ4v) is 2.68. The molecule has 0 aliphatic heterocycles. The Labute approximate surface area is 140 Å². The van der Waals surface area contributed by atoms with E-state index in [1.807, 2.05) is 0 Å². The molecule has 0 aliphatic rings. The van der Waals surface area contributed by atoms with Gasteiger partial charge in [0, 0.05) is 19.8 Å². The van der Waals surface area contributed by atoms with Crippen LogP contribution < -0.4 is 5.09 Å². The quantitative estimate of drug-likeness (QED) is 0.272. The molecule has 140 valence electrons. The van der Waals surface area contributed by atoms with Gasteiger partial charge in [-0.15, -0.1) is 0 Å². The van der Waals surface area contributed by atoms with E-state index >= 15 is 0 Å². The van der Waals surface area contributed by atoms with Crippen molar-refractivity contribution in [1.82, 2.24) is 5.09 Å². The lowest BCUT2D eigenvalue weighted by atomic mass is 10.2. The molecule has 0 amide bonds. The molecule has 0 fully saturated rings. The Balaban J connectivity index is 4.10. The van der Waals surface area contributed by atoms with Crippen molar-refractivity contribution in [2.24, 2.45) is 0 Å². The zero-order valence-corrected chi connectivity index (χ0v) is 15.4. The molecule has 0 aromatic carbocycles. The monoisotopic (exact) mass is 355 g/mol. The number of hydrogen-bond donors (Lipinski definition) is 3. The van der Waals surface area contributed by atoms with Crippen LogP contribution >= 0.6 is 7.75 Å². The topological polar surface area (TPSA) is 97.3 Å². The molecule has 3 N–H and O–H groups in total. The summed E-state index contributed by atoms with van der Waals surface area (Å²) >= 11 is 0. The summed E-state index contributed by atoms with van der Waals surface area (Å²) in [5.41, 5.74) is 0. The number of aliphatic hydroxyl groups is 1. The van der Waals surface area contributed by atoms with E-state index in [2.05, 4.69) is 18.9 Å². The van der Waals surface area contributed by atoms with E-state index in [9.17, 15) is 9.46 Å². The first kappa shape index (κ1) is 23.0. The largest absolute Gasteiger partial charge is 0.403 e. The van der Waals surface area contributed by atoms with Gasteiger partial charge in [-0.25, -0.2) is 9.65 Å². The van der Waals surface area contributed by atoms with Crippen molar-refractivity contribution in [1.29, 1.82) is 0 Å². The highest BCUT2D eigenvalue weighted by atomic mass is 31.2. The Morgan fingerprint density at radius 3 is 2.30 bits per heavy atom. The molecule has 0 spiro atoms. The van der Waals surface area contributed by atoms with E-state index in [1.165, 1.54) is 0 Å². The predicted octanol–water partition coefficient (Wildman–Crippen LogP) is 2.47. The number of unbranched alkanes of at least 4 members (excludes halogenated alkanes) is 4. The summed E-state index contributed by atoms with van der Waals surface area (Å²) in [5, 5.41) is 10.9. The lowest BCUT2D eigenvalue weighted by Crippen LogP contribution is -2.28. The summed E-state index contributed by atoms with van der Waals surface area (Å²) in [5.74, 6) is 0. The average Bonchev–Trinajstić information content (AvgIpc) is 2.53. The molecule has 0 aromatic heterocycles. The van der Waals surface area contributed by atoms with Crippen molar-refractivity contribution in [2.75, 3.05) is 39.6 Å². The molecule has 23 heavy (non-hydrogen) atoms. The molecule has 0 heterocycles. The lowest BCUT2D eigenvalue weighted by molar-refractivity contribution is -0.0406. The molecular weight excluding hydrogens is 321 g/mol. The maximum absolute atomic E-state index is 11.7. The minimum atomic E-state index is -3.90. The van der Waals surface area contributed by atoms with Gasteiger partial charge in [-0.05, 0) is 12.8 Å². The third-order valence-electron chi connectivity index (χ3n) is 3.16. The second-order valence-electron chi connectivity index (χ2n) is 5.43. The van der Waals surface area contributed by atoms with Crippen LogP contribution in [0.15, 0.2) is 0 Å². The van der Waals surface area contributed by atoms with Gasteiger partial charge >= 0.3 is 7.75 Å². The summed E-state index contributed by atoms with van der Waals surface area (Å²) in [4.78, 5) is 9.56.